The minimum Gasteiger partial charge on any atom is -0.357 e. The topological polar surface area (TPSA) is 70.6 Å². The van der Waals surface area contributed by atoms with Gasteiger partial charge in [-0.25, -0.2) is 8.42 Å². The minimum absolute atomic E-state index is 0.156. The molecule has 0 saturated heterocycles. The van der Waals surface area contributed by atoms with Crippen LogP contribution < -0.4 is 10.6 Å². The molecule has 1 atom stereocenters. The van der Waals surface area contributed by atoms with Gasteiger partial charge in [-0.05, 0) is 30.2 Å². The second-order valence-corrected chi connectivity index (χ2v) is 9.69. The molecule has 1 aromatic rings. The maximum absolute atomic E-state index is 11.4. The number of rotatable bonds is 9. The van der Waals surface area contributed by atoms with Gasteiger partial charge >= 0.3 is 0 Å². The summed E-state index contributed by atoms with van der Waals surface area (Å²) in [6.45, 7) is 10.5. The van der Waals surface area contributed by atoms with Crippen molar-refractivity contribution in [2.45, 2.75) is 40.0 Å². The molecule has 0 bridgehead atoms. The van der Waals surface area contributed by atoms with Gasteiger partial charge in [0.15, 0.2) is 5.96 Å². The van der Waals surface area contributed by atoms with E-state index in [2.05, 4.69) is 60.7 Å². The van der Waals surface area contributed by atoms with E-state index in [9.17, 15) is 8.42 Å². The summed E-state index contributed by atoms with van der Waals surface area (Å²) in [5, 5.41) is 6.64. The van der Waals surface area contributed by atoms with Gasteiger partial charge in [-0.15, -0.1) is 0 Å². The van der Waals surface area contributed by atoms with Crippen molar-refractivity contribution >= 4 is 15.8 Å². The molecule has 0 spiro atoms. The van der Waals surface area contributed by atoms with E-state index in [0.29, 0.717) is 18.9 Å². The van der Waals surface area contributed by atoms with Crippen LogP contribution in [0.15, 0.2) is 35.3 Å². The second kappa shape index (κ2) is 9.80. The molecule has 0 radical (unpaired) electrons. The Bertz CT molecular complexity index is 640. The van der Waals surface area contributed by atoms with Crippen molar-refractivity contribution < 1.29 is 8.42 Å². The summed E-state index contributed by atoms with van der Waals surface area (Å²) in [5.74, 6) is 1.35. The van der Waals surface area contributed by atoms with Crippen LogP contribution in [0.5, 0.6) is 0 Å². The zero-order chi connectivity index (χ0) is 18.9. The third-order valence-electron chi connectivity index (χ3n) is 4.10. The lowest BCUT2D eigenvalue weighted by molar-refractivity contribution is 0.365. The highest BCUT2D eigenvalue weighted by Gasteiger charge is 2.20. The van der Waals surface area contributed by atoms with Gasteiger partial charge in [-0.3, -0.25) is 4.99 Å². The largest absolute Gasteiger partial charge is 0.357 e. The highest BCUT2D eigenvalue weighted by molar-refractivity contribution is 7.90. The minimum atomic E-state index is -2.94. The molecule has 0 saturated carbocycles. The first-order valence-electron chi connectivity index (χ1n) is 8.88. The van der Waals surface area contributed by atoms with Gasteiger partial charge in [0.05, 0.1) is 5.75 Å². The molecule has 6 heteroatoms. The number of aliphatic imine (C=N–C) groups is 1. The molecule has 1 rings (SSSR count). The number of benzene rings is 1. The molecular formula is C19H33N3O2S. The van der Waals surface area contributed by atoms with Gasteiger partial charge < -0.3 is 10.6 Å². The highest BCUT2D eigenvalue weighted by atomic mass is 32.2. The number of nitrogens with zero attached hydrogens (tertiary/aromatic N) is 1. The molecular weight excluding hydrogens is 334 g/mol. The Hall–Kier alpha value is -1.56. The summed E-state index contributed by atoms with van der Waals surface area (Å²) in [4.78, 5) is 4.65. The van der Waals surface area contributed by atoms with E-state index in [4.69, 9.17) is 0 Å². The number of hydrogen-bond donors (Lipinski definition) is 2. The van der Waals surface area contributed by atoms with Crippen molar-refractivity contribution in [3.8, 4) is 0 Å². The van der Waals surface area contributed by atoms with Crippen molar-refractivity contribution in [2.24, 2.45) is 10.4 Å². The third kappa shape index (κ3) is 9.48. The first kappa shape index (κ1) is 21.5. The molecule has 5 nitrogen and oxygen atoms in total. The fourth-order valence-corrected chi connectivity index (χ4v) is 3.25. The van der Waals surface area contributed by atoms with Gasteiger partial charge in [0, 0.05) is 25.9 Å². The van der Waals surface area contributed by atoms with Gasteiger partial charge in [0.1, 0.15) is 9.84 Å². The van der Waals surface area contributed by atoms with Gasteiger partial charge in [0.25, 0.3) is 0 Å². The van der Waals surface area contributed by atoms with Crippen LogP contribution in [0.1, 0.15) is 45.6 Å². The van der Waals surface area contributed by atoms with E-state index >= 15 is 0 Å². The molecule has 0 heterocycles. The lowest BCUT2D eigenvalue weighted by Gasteiger charge is -2.23. The van der Waals surface area contributed by atoms with Gasteiger partial charge in [-0.1, -0.05) is 51.1 Å². The Morgan fingerprint density at radius 3 is 2.40 bits per heavy atom. The summed E-state index contributed by atoms with van der Waals surface area (Å²) < 4.78 is 22.7. The SMILES string of the molecule is CCNC(=NCC(C)(C)CCS(C)(=O)=O)NCC(C)c1ccccc1. The standard InChI is InChI=1S/C19H33N3O2S/c1-6-20-18(21-14-16(2)17-10-8-7-9-11-17)22-15-19(3,4)12-13-25(5,23)24/h7-11,16H,6,12-15H2,1-5H3,(H2,20,21,22). The van der Waals surface area contributed by atoms with Crippen LogP contribution in [0.25, 0.3) is 0 Å². The zero-order valence-electron chi connectivity index (χ0n) is 16.2. The van der Waals surface area contributed by atoms with Gasteiger partial charge in [0.2, 0.25) is 0 Å². The summed E-state index contributed by atoms with van der Waals surface area (Å²) in [6.07, 6.45) is 1.89. The monoisotopic (exact) mass is 367 g/mol. The van der Waals surface area contributed by atoms with Crippen LogP contribution in [0, 0.1) is 5.41 Å². The summed E-state index contributed by atoms with van der Waals surface area (Å²) in [7, 11) is -2.94. The molecule has 142 valence electrons. The molecule has 25 heavy (non-hydrogen) atoms. The predicted molar refractivity (Wildman–Crippen MR) is 107 cm³/mol. The van der Waals surface area contributed by atoms with Crippen molar-refractivity contribution in [3.05, 3.63) is 35.9 Å². The van der Waals surface area contributed by atoms with Crippen molar-refractivity contribution in [1.29, 1.82) is 0 Å². The fourth-order valence-electron chi connectivity index (χ4n) is 2.32. The molecule has 0 aliphatic carbocycles. The average molecular weight is 368 g/mol. The lowest BCUT2D eigenvalue weighted by Crippen LogP contribution is -2.39. The van der Waals surface area contributed by atoms with E-state index in [1.165, 1.54) is 11.8 Å². The Labute approximate surface area is 153 Å². The predicted octanol–water partition coefficient (Wildman–Crippen LogP) is 2.81. The third-order valence-corrected chi connectivity index (χ3v) is 5.05. The summed E-state index contributed by atoms with van der Waals surface area (Å²) in [5.41, 5.74) is 1.13. The molecule has 0 fully saturated rings. The van der Waals surface area contributed by atoms with Crippen molar-refractivity contribution in [2.75, 3.05) is 31.6 Å². The number of hydrogen-bond acceptors (Lipinski definition) is 3. The van der Waals surface area contributed by atoms with Crippen LogP contribution in [-0.2, 0) is 9.84 Å². The molecule has 0 aromatic heterocycles. The van der Waals surface area contributed by atoms with E-state index in [1.807, 2.05) is 13.0 Å². The fraction of sp³-hybridized carbons (Fsp3) is 0.632. The normalized spacial score (nSPS) is 14.2. The highest BCUT2D eigenvalue weighted by Crippen LogP contribution is 2.21. The van der Waals surface area contributed by atoms with Crippen LogP contribution >= 0.6 is 0 Å². The van der Waals surface area contributed by atoms with E-state index < -0.39 is 9.84 Å². The second-order valence-electron chi connectivity index (χ2n) is 7.43. The number of guanidine groups is 1. The van der Waals surface area contributed by atoms with Crippen molar-refractivity contribution in [1.82, 2.24) is 10.6 Å². The van der Waals surface area contributed by atoms with Gasteiger partial charge in [-0.2, -0.15) is 0 Å². The Morgan fingerprint density at radius 2 is 1.84 bits per heavy atom. The van der Waals surface area contributed by atoms with Crippen molar-refractivity contribution in [3.63, 3.8) is 0 Å². The summed E-state index contributed by atoms with van der Waals surface area (Å²) in [6, 6.07) is 10.4. The Kier molecular flexibility index (Phi) is 8.42. The average Bonchev–Trinajstić information content (AvgIpc) is 2.56. The zero-order valence-corrected chi connectivity index (χ0v) is 17.0. The summed E-state index contributed by atoms with van der Waals surface area (Å²) >= 11 is 0. The smallest absolute Gasteiger partial charge is 0.191 e. The lowest BCUT2D eigenvalue weighted by atomic mass is 9.90. The van der Waals surface area contributed by atoms with Crippen LogP contribution in [0.3, 0.4) is 0 Å². The van der Waals surface area contributed by atoms with Crippen LogP contribution in [-0.4, -0.2) is 46.0 Å². The Morgan fingerprint density at radius 1 is 1.20 bits per heavy atom. The first-order chi connectivity index (χ1) is 11.6. The molecule has 1 unspecified atom stereocenters. The first-order valence-corrected chi connectivity index (χ1v) is 10.9. The van der Waals surface area contributed by atoms with Crippen LogP contribution in [0.4, 0.5) is 0 Å². The number of nitrogens with one attached hydrogen (secondary N) is 2. The molecule has 0 aliphatic rings. The van der Waals surface area contributed by atoms with E-state index in [-0.39, 0.29) is 11.2 Å². The van der Waals surface area contributed by atoms with E-state index in [0.717, 1.165) is 19.0 Å². The quantitative estimate of drug-likeness (QED) is 0.520. The number of sulfone groups is 1. The maximum atomic E-state index is 11.4. The molecule has 0 aliphatic heterocycles. The van der Waals surface area contributed by atoms with Crippen LogP contribution in [0.2, 0.25) is 0 Å². The maximum Gasteiger partial charge on any atom is 0.191 e. The van der Waals surface area contributed by atoms with E-state index in [1.54, 1.807) is 0 Å². The molecule has 0 amide bonds. The molecule has 1 aromatic carbocycles. The molecule has 2 N–H and O–H groups in total. The Balaban J connectivity index is 2.61.